The van der Waals surface area contributed by atoms with Crippen molar-refractivity contribution in [1.29, 1.82) is 0 Å². The molecule has 0 spiro atoms. The van der Waals surface area contributed by atoms with E-state index in [0.717, 1.165) is 0 Å². The summed E-state index contributed by atoms with van der Waals surface area (Å²) in [5, 5.41) is 0. The first-order chi connectivity index (χ1) is 9.90. The van der Waals surface area contributed by atoms with Crippen LogP contribution in [0.5, 0.6) is 0 Å². The summed E-state index contributed by atoms with van der Waals surface area (Å²) >= 11 is -1.39. The lowest BCUT2D eigenvalue weighted by molar-refractivity contribution is 0.0106. The average molecular weight is 334 g/mol. The molecule has 128 valence electrons. The number of alkyl halides is 1. The highest BCUT2D eigenvalue weighted by Crippen LogP contribution is 2.23. The highest BCUT2D eigenvalue weighted by Gasteiger charge is 2.34. The van der Waals surface area contributed by atoms with Gasteiger partial charge >= 0.3 is 6.09 Å². The Balaban J connectivity index is 2.56. The zero-order valence-corrected chi connectivity index (χ0v) is 15.1. The summed E-state index contributed by atoms with van der Waals surface area (Å²) in [5.41, 5.74) is -0.592. The van der Waals surface area contributed by atoms with Crippen LogP contribution >= 0.6 is 0 Å². The lowest BCUT2D eigenvalue weighted by Crippen LogP contribution is -2.47. The Hall–Kier alpha value is -0.820. The molecule has 0 saturated carbocycles. The predicted octanol–water partition coefficient (Wildman–Crippen LogP) is 3.11. The summed E-state index contributed by atoms with van der Waals surface area (Å²) in [7, 11) is 0. The second kappa shape index (κ2) is 7.17. The Kier molecular flexibility index (Phi) is 6.27. The van der Waals surface area contributed by atoms with Crippen LogP contribution < -0.4 is 0 Å². The molecular weight excluding hydrogens is 307 g/mol. The monoisotopic (exact) mass is 334 g/mol. The van der Waals surface area contributed by atoms with Crippen molar-refractivity contribution in [1.82, 2.24) is 4.90 Å². The summed E-state index contributed by atoms with van der Waals surface area (Å²) < 4.78 is 34.8. The SMILES string of the molecule is CC(C)(C)OC(=O)N1CCC(C=N[S+]([O-])C(C)(C)C)C(F)C1. The Morgan fingerprint density at radius 2 is 1.95 bits per heavy atom. The number of amides is 1. The molecule has 0 aliphatic carbocycles. The van der Waals surface area contributed by atoms with E-state index in [1.807, 2.05) is 20.8 Å². The van der Waals surface area contributed by atoms with Gasteiger partial charge in [-0.05, 0) is 48.0 Å². The van der Waals surface area contributed by atoms with E-state index >= 15 is 0 Å². The summed E-state index contributed by atoms with van der Waals surface area (Å²) in [4.78, 5) is 13.3. The Morgan fingerprint density at radius 3 is 2.41 bits per heavy atom. The van der Waals surface area contributed by atoms with Crippen molar-refractivity contribution in [2.24, 2.45) is 10.3 Å². The van der Waals surface area contributed by atoms with Crippen LogP contribution in [0.15, 0.2) is 4.40 Å². The molecule has 0 aromatic carbocycles. The molecule has 1 rings (SSSR count). The van der Waals surface area contributed by atoms with Gasteiger partial charge in [-0.25, -0.2) is 9.18 Å². The first-order valence-electron chi connectivity index (χ1n) is 7.48. The summed E-state index contributed by atoms with van der Waals surface area (Å²) in [6.07, 6.45) is 0.176. The van der Waals surface area contributed by atoms with Gasteiger partial charge in [0.2, 0.25) is 0 Å². The van der Waals surface area contributed by atoms with E-state index in [-0.39, 0.29) is 6.54 Å². The molecule has 22 heavy (non-hydrogen) atoms. The lowest BCUT2D eigenvalue weighted by atomic mass is 9.96. The van der Waals surface area contributed by atoms with Crippen molar-refractivity contribution >= 4 is 23.7 Å². The fraction of sp³-hybridized carbons (Fsp3) is 0.867. The molecule has 1 fully saturated rings. The lowest BCUT2D eigenvalue weighted by Gasteiger charge is -2.34. The summed E-state index contributed by atoms with van der Waals surface area (Å²) in [5.74, 6) is -0.412. The standard InChI is InChI=1S/C15H27FN2O3S/c1-14(2,3)21-13(19)18-8-7-11(12(16)10-18)9-17-22(20)15(4,5)6/h9,11-12H,7-8,10H2,1-6H3. The first-order valence-corrected chi connectivity index (χ1v) is 8.59. The molecule has 0 aromatic heterocycles. The number of piperidine rings is 1. The maximum Gasteiger partial charge on any atom is 0.410 e. The molecule has 0 bridgehead atoms. The normalized spacial score (nSPS) is 25.4. The van der Waals surface area contributed by atoms with Gasteiger partial charge in [0.15, 0.2) is 0 Å². The van der Waals surface area contributed by atoms with Crippen LogP contribution in [0.25, 0.3) is 0 Å². The molecule has 0 radical (unpaired) electrons. The van der Waals surface area contributed by atoms with E-state index in [4.69, 9.17) is 4.74 Å². The number of likely N-dealkylation sites (tertiary alicyclic amines) is 1. The number of carbonyl (C=O) groups is 1. The molecule has 0 N–H and O–H groups in total. The molecule has 3 unspecified atom stereocenters. The predicted molar refractivity (Wildman–Crippen MR) is 87.2 cm³/mol. The van der Waals surface area contributed by atoms with Gasteiger partial charge < -0.3 is 14.2 Å². The molecule has 1 saturated heterocycles. The topological polar surface area (TPSA) is 65.0 Å². The van der Waals surface area contributed by atoms with E-state index in [0.29, 0.717) is 13.0 Å². The van der Waals surface area contributed by atoms with Crippen molar-refractivity contribution in [2.75, 3.05) is 13.1 Å². The summed E-state index contributed by atoms with van der Waals surface area (Å²) in [6, 6.07) is 0. The van der Waals surface area contributed by atoms with E-state index in [9.17, 15) is 13.7 Å². The Labute approximate surface area is 135 Å². The van der Waals surface area contributed by atoms with Gasteiger partial charge in [-0.15, -0.1) is 0 Å². The third kappa shape index (κ3) is 6.12. The number of ether oxygens (including phenoxy) is 1. The third-order valence-corrected chi connectivity index (χ3v) is 4.48. The van der Waals surface area contributed by atoms with Crippen molar-refractivity contribution in [3.8, 4) is 0 Å². The van der Waals surface area contributed by atoms with Crippen LogP contribution in [-0.2, 0) is 16.1 Å². The van der Waals surface area contributed by atoms with Crippen molar-refractivity contribution in [3.63, 3.8) is 0 Å². The van der Waals surface area contributed by atoms with Crippen LogP contribution in [0.3, 0.4) is 0 Å². The summed E-state index contributed by atoms with van der Waals surface area (Å²) in [6.45, 7) is 11.2. The zero-order chi connectivity index (χ0) is 17.1. The van der Waals surface area contributed by atoms with Crippen LogP contribution in [0.2, 0.25) is 0 Å². The van der Waals surface area contributed by atoms with Gasteiger partial charge in [-0.3, -0.25) is 0 Å². The molecule has 3 atom stereocenters. The van der Waals surface area contributed by atoms with Crippen LogP contribution in [0.1, 0.15) is 48.0 Å². The van der Waals surface area contributed by atoms with Gasteiger partial charge in [0.05, 0.1) is 12.8 Å². The fourth-order valence-corrected chi connectivity index (χ4v) is 2.46. The average Bonchev–Trinajstić information content (AvgIpc) is 2.33. The highest BCUT2D eigenvalue weighted by atomic mass is 32.2. The van der Waals surface area contributed by atoms with Crippen LogP contribution in [0, 0.1) is 5.92 Å². The minimum Gasteiger partial charge on any atom is -0.591 e. The Morgan fingerprint density at radius 1 is 1.36 bits per heavy atom. The van der Waals surface area contributed by atoms with E-state index in [2.05, 4.69) is 4.40 Å². The molecule has 1 aliphatic heterocycles. The van der Waals surface area contributed by atoms with E-state index in [1.165, 1.54) is 11.1 Å². The zero-order valence-electron chi connectivity index (χ0n) is 14.3. The van der Waals surface area contributed by atoms with E-state index in [1.54, 1.807) is 20.8 Å². The first kappa shape index (κ1) is 19.2. The number of hydrogen-bond donors (Lipinski definition) is 0. The molecule has 5 nitrogen and oxygen atoms in total. The van der Waals surface area contributed by atoms with Crippen molar-refractivity contribution < 1.29 is 18.5 Å². The van der Waals surface area contributed by atoms with Gasteiger partial charge in [-0.1, -0.05) is 4.40 Å². The molecule has 1 aliphatic rings. The third-order valence-electron chi connectivity index (χ3n) is 3.12. The minimum absolute atomic E-state index is 0.0201. The largest absolute Gasteiger partial charge is 0.591 e. The van der Waals surface area contributed by atoms with Gasteiger partial charge in [0.25, 0.3) is 0 Å². The fourth-order valence-electron chi connectivity index (χ4n) is 1.87. The van der Waals surface area contributed by atoms with Gasteiger partial charge in [0, 0.05) is 12.5 Å². The van der Waals surface area contributed by atoms with Gasteiger partial charge in [0.1, 0.15) is 27.9 Å². The Bertz CT molecular complexity index is 418. The van der Waals surface area contributed by atoms with E-state index < -0.39 is 39.9 Å². The molecule has 1 heterocycles. The van der Waals surface area contributed by atoms with Crippen molar-refractivity contribution in [2.45, 2.75) is 64.5 Å². The molecular formula is C15H27FN2O3S. The number of nitrogens with zero attached hydrogens (tertiary/aromatic N) is 2. The number of carbonyl (C=O) groups excluding carboxylic acids is 1. The molecule has 1 amide bonds. The van der Waals surface area contributed by atoms with Crippen LogP contribution in [-0.4, -0.2) is 51.4 Å². The number of halogens is 1. The quantitative estimate of drug-likeness (QED) is 0.576. The molecule has 7 heteroatoms. The highest BCUT2D eigenvalue weighted by molar-refractivity contribution is 7.91. The van der Waals surface area contributed by atoms with Crippen molar-refractivity contribution in [3.05, 3.63) is 0 Å². The molecule has 0 aromatic rings. The maximum absolute atomic E-state index is 14.2. The van der Waals surface area contributed by atoms with Gasteiger partial charge in [-0.2, -0.15) is 0 Å². The number of hydrogen-bond acceptors (Lipinski definition) is 4. The second-order valence-electron chi connectivity index (χ2n) is 7.51. The number of rotatable bonds is 2. The smallest absolute Gasteiger partial charge is 0.410 e. The minimum atomic E-state index is -1.39. The second-order valence-corrected chi connectivity index (χ2v) is 9.44. The maximum atomic E-state index is 14.2. The van der Waals surface area contributed by atoms with Crippen LogP contribution in [0.4, 0.5) is 9.18 Å².